The summed E-state index contributed by atoms with van der Waals surface area (Å²) in [5.74, 6) is 1.81. The highest BCUT2D eigenvalue weighted by Gasteiger charge is 2.19. The van der Waals surface area contributed by atoms with Crippen LogP contribution in [0.2, 0.25) is 0 Å². The lowest BCUT2D eigenvalue weighted by Crippen LogP contribution is -2.38. The molecule has 0 saturated carbocycles. The van der Waals surface area contributed by atoms with E-state index in [1.165, 1.54) is 19.8 Å². The second-order valence-corrected chi connectivity index (χ2v) is 5.55. The summed E-state index contributed by atoms with van der Waals surface area (Å²) < 4.78 is 16.1. The Bertz CT molecular complexity index is 661. The normalized spacial score (nSPS) is 16.3. The molecule has 0 saturated heterocycles. The predicted octanol–water partition coefficient (Wildman–Crippen LogP) is 2.50. The molecule has 0 unspecified atom stereocenters. The summed E-state index contributed by atoms with van der Waals surface area (Å²) in [4.78, 5) is 0. The fourth-order valence-electron chi connectivity index (χ4n) is 2.77. The van der Waals surface area contributed by atoms with Gasteiger partial charge in [-0.3, -0.25) is 0 Å². The average molecular weight is 315 g/mol. The molecule has 5 nitrogen and oxygen atoms in total. The van der Waals surface area contributed by atoms with Crippen LogP contribution in [0.1, 0.15) is 11.1 Å². The minimum Gasteiger partial charge on any atom is -0.502 e. The quantitative estimate of drug-likeness (QED) is 0.888. The van der Waals surface area contributed by atoms with Crippen molar-refractivity contribution >= 4 is 0 Å². The Hall–Kier alpha value is -2.40. The van der Waals surface area contributed by atoms with Crippen molar-refractivity contribution in [3.05, 3.63) is 47.5 Å². The minimum absolute atomic E-state index is 0.0219. The first-order chi connectivity index (χ1) is 11.2. The first-order valence-corrected chi connectivity index (χ1v) is 7.59. The SMILES string of the molecule is COc1cc(CN[C@@H]2COc3ccccc3C2)cc(OC)c1O. The number of fused-ring (bicyclic) bond motifs is 1. The van der Waals surface area contributed by atoms with Gasteiger partial charge in [0.1, 0.15) is 12.4 Å². The van der Waals surface area contributed by atoms with Crippen LogP contribution in [0.5, 0.6) is 23.0 Å². The van der Waals surface area contributed by atoms with Gasteiger partial charge in [0, 0.05) is 12.6 Å². The van der Waals surface area contributed by atoms with Gasteiger partial charge in [-0.2, -0.15) is 0 Å². The first-order valence-electron chi connectivity index (χ1n) is 7.59. The molecular weight excluding hydrogens is 294 g/mol. The van der Waals surface area contributed by atoms with Crippen molar-refractivity contribution in [1.29, 1.82) is 0 Å². The minimum atomic E-state index is 0.0219. The Morgan fingerprint density at radius 3 is 2.57 bits per heavy atom. The van der Waals surface area contributed by atoms with Crippen LogP contribution in [0.3, 0.4) is 0 Å². The van der Waals surface area contributed by atoms with E-state index in [9.17, 15) is 5.11 Å². The molecular formula is C18H21NO4. The number of hydrogen-bond acceptors (Lipinski definition) is 5. The molecule has 0 radical (unpaired) electrons. The number of methoxy groups -OCH3 is 2. The fourth-order valence-corrected chi connectivity index (χ4v) is 2.77. The third-order valence-corrected chi connectivity index (χ3v) is 4.01. The van der Waals surface area contributed by atoms with E-state index in [4.69, 9.17) is 14.2 Å². The number of phenolic OH excluding ortho intramolecular Hbond substituents is 1. The van der Waals surface area contributed by atoms with Crippen molar-refractivity contribution < 1.29 is 19.3 Å². The van der Waals surface area contributed by atoms with Crippen LogP contribution in [-0.2, 0) is 13.0 Å². The summed E-state index contributed by atoms with van der Waals surface area (Å²) >= 11 is 0. The van der Waals surface area contributed by atoms with E-state index in [1.807, 2.05) is 30.3 Å². The molecule has 122 valence electrons. The molecule has 3 rings (SSSR count). The lowest BCUT2D eigenvalue weighted by atomic mass is 10.0. The summed E-state index contributed by atoms with van der Waals surface area (Å²) in [7, 11) is 3.05. The van der Waals surface area contributed by atoms with E-state index in [0.29, 0.717) is 24.7 Å². The number of nitrogens with one attached hydrogen (secondary N) is 1. The highest BCUT2D eigenvalue weighted by molar-refractivity contribution is 5.52. The molecule has 23 heavy (non-hydrogen) atoms. The van der Waals surface area contributed by atoms with Crippen LogP contribution in [0.15, 0.2) is 36.4 Å². The van der Waals surface area contributed by atoms with E-state index < -0.39 is 0 Å². The van der Waals surface area contributed by atoms with Gasteiger partial charge in [-0.1, -0.05) is 18.2 Å². The predicted molar refractivity (Wildman–Crippen MR) is 87.5 cm³/mol. The molecule has 0 amide bonds. The van der Waals surface area contributed by atoms with Crippen LogP contribution >= 0.6 is 0 Å². The van der Waals surface area contributed by atoms with Gasteiger partial charge >= 0.3 is 0 Å². The zero-order valence-corrected chi connectivity index (χ0v) is 13.3. The molecule has 2 N–H and O–H groups in total. The molecule has 0 aliphatic carbocycles. The third kappa shape index (κ3) is 3.35. The molecule has 1 heterocycles. The summed E-state index contributed by atoms with van der Waals surface area (Å²) in [6.45, 7) is 1.28. The van der Waals surface area contributed by atoms with E-state index in [1.54, 1.807) is 0 Å². The lowest BCUT2D eigenvalue weighted by molar-refractivity contribution is 0.238. The second kappa shape index (κ2) is 6.79. The number of aromatic hydroxyl groups is 1. The Morgan fingerprint density at radius 2 is 1.87 bits per heavy atom. The highest BCUT2D eigenvalue weighted by Crippen LogP contribution is 2.37. The topological polar surface area (TPSA) is 60.0 Å². The largest absolute Gasteiger partial charge is 0.502 e. The van der Waals surface area contributed by atoms with Gasteiger partial charge < -0.3 is 24.6 Å². The van der Waals surface area contributed by atoms with Crippen LogP contribution in [0.25, 0.3) is 0 Å². The van der Waals surface area contributed by atoms with Crippen molar-refractivity contribution in [2.75, 3.05) is 20.8 Å². The lowest BCUT2D eigenvalue weighted by Gasteiger charge is -2.26. The van der Waals surface area contributed by atoms with Crippen LogP contribution in [0, 0.1) is 0 Å². The first kappa shape index (κ1) is 15.5. The van der Waals surface area contributed by atoms with Crippen LogP contribution in [0.4, 0.5) is 0 Å². The number of hydrogen-bond donors (Lipinski definition) is 2. The third-order valence-electron chi connectivity index (χ3n) is 4.01. The van der Waals surface area contributed by atoms with E-state index >= 15 is 0 Å². The standard InChI is InChI=1S/C18H21NO4/c1-21-16-7-12(8-17(22-2)18(16)20)10-19-14-9-13-5-3-4-6-15(13)23-11-14/h3-8,14,19-20H,9-11H2,1-2H3/t14-/m0/s1. The van der Waals surface area contributed by atoms with Crippen molar-refractivity contribution in [1.82, 2.24) is 5.32 Å². The van der Waals surface area contributed by atoms with Gasteiger partial charge in [0.05, 0.1) is 14.2 Å². The molecule has 1 atom stereocenters. The van der Waals surface area contributed by atoms with Gasteiger partial charge in [0.15, 0.2) is 11.5 Å². The number of ether oxygens (including phenoxy) is 3. The fraction of sp³-hybridized carbons (Fsp3) is 0.333. The summed E-state index contributed by atoms with van der Waals surface area (Å²) in [5, 5.41) is 13.4. The van der Waals surface area contributed by atoms with Crippen LogP contribution < -0.4 is 19.5 Å². The summed E-state index contributed by atoms with van der Waals surface area (Å²) in [6, 6.07) is 12.0. The van der Waals surface area contributed by atoms with Gasteiger partial charge in [-0.25, -0.2) is 0 Å². The van der Waals surface area contributed by atoms with E-state index in [-0.39, 0.29) is 11.8 Å². The Labute approximate surface area is 135 Å². The van der Waals surface area contributed by atoms with Gasteiger partial charge in [0.2, 0.25) is 5.75 Å². The molecule has 0 bridgehead atoms. The van der Waals surface area contributed by atoms with Crippen molar-refractivity contribution in [3.8, 4) is 23.0 Å². The number of rotatable bonds is 5. The maximum atomic E-state index is 9.95. The van der Waals surface area contributed by atoms with Gasteiger partial charge in [0.25, 0.3) is 0 Å². The van der Waals surface area contributed by atoms with Gasteiger partial charge in [-0.15, -0.1) is 0 Å². The number of benzene rings is 2. The number of para-hydroxylation sites is 1. The van der Waals surface area contributed by atoms with Crippen LogP contribution in [-0.4, -0.2) is 32.0 Å². The maximum absolute atomic E-state index is 9.95. The van der Waals surface area contributed by atoms with E-state index in [0.717, 1.165) is 17.7 Å². The summed E-state index contributed by atoms with van der Waals surface area (Å²) in [5.41, 5.74) is 2.20. The Balaban J connectivity index is 1.67. The maximum Gasteiger partial charge on any atom is 0.200 e. The molecule has 1 aliphatic heterocycles. The molecule has 0 spiro atoms. The zero-order chi connectivity index (χ0) is 16.2. The zero-order valence-electron chi connectivity index (χ0n) is 13.3. The highest BCUT2D eigenvalue weighted by atomic mass is 16.5. The van der Waals surface area contributed by atoms with Gasteiger partial charge in [-0.05, 0) is 35.7 Å². The molecule has 5 heteroatoms. The van der Waals surface area contributed by atoms with Crippen molar-refractivity contribution in [2.24, 2.45) is 0 Å². The molecule has 0 fully saturated rings. The summed E-state index contributed by atoms with van der Waals surface area (Å²) in [6.07, 6.45) is 0.933. The number of phenols is 1. The Kier molecular flexibility index (Phi) is 4.57. The smallest absolute Gasteiger partial charge is 0.200 e. The van der Waals surface area contributed by atoms with Crippen molar-refractivity contribution in [2.45, 2.75) is 19.0 Å². The van der Waals surface area contributed by atoms with Crippen molar-refractivity contribution in [3.63, 3.8) is 0 Å². The Morgan fingerprint density at radius 1 is 1.17 bits per heavy atom. The monoisotopic (exact) mass is 315 g/mol. The molecule has 2 aromatic carbocycles. The molecule has 2 aromatic rings. The van der Waals surface area contributed by atoms with E-state index in [2.05, 4.69) is 11.4 Å². The average Bonchev–Trinajstić information content (AvgIpc) is 2.60. The molecule has 0 aromatic heterocycles. The second-order valence-electron chi connectivity index (χ2n) is 5.55. The molecule has 1 aliphatic rings.